The largest absolute Gasteiger partial charge is 0.455 e. The summed E-state index contributed by atoms with van der Waals surface area (Å²) in [5.41, 5.74) is 3.26. The number of hydrogen-bond acceptors (Lipinski definition) is 2. The highest BCUT2D eigenvalue weighted by molar-refractivity contribution is 5.85. The molecule has 2 aliphatic carbocycles. The molecule has 3 aliphatic rings. The van der Waals surface area contributed by atoms with E-state index in [9.17, 15) is 4.79 Å². The molecule has 122 valence electrons. The SMILES string of the molecule is CC1=CC(=O)O[C@@H]1C[C@@]1(C)[C@H](C)CC[C@@]2(C)C(C)=CCC[C@H]12. The van der Waals surface area contributed by atoms with Crippen molar-refractivity contribution < 1.29 is 9.53 Å². The van der Waals surface area contributed by atoms with Gasteiger partial charge in [-0.2, -0.15) is 0 Å². The van der Waals surface area contributed by atoms with Crippen molar-refractivity contribution in [3.8, 4) is 0 Å². The molecule has 0 aromatic heterocycles. The van der Waals surface area contributed by atoms with Gasteiger partial charge in [-0.3, -0.25) is 0 Å². The lowest BCUT2D eigenvalue weighted by Gasteiger charge is -2.58. The number of cyclic esters (lactones) is 1. The molecule has 22 heavy (non-hydrogen) atoms. The molecule has 0 unspecified atom stereocenters. The quantitative estimate of drug-likeness (QED) is 0.527. The molecule has 1 aliphatic heterocycles. The van der Waals surface area contributed by atoms with Crippen molar-refractivity contribution in [2.45, 2.75) is 72.8 Å². The number of fused-ring (bicyclic) bond motifs is 1. The van der Waals surface area contributed by atoms with Gasteiger partial charge in [0.1, 0.15) is 6.10 Å². The normalized spacial score (nSPS) is 45.0. The lowest BCUT2D eigenvalue weighted by atomic mass is 9.47. The van der Waals surface area contributed by atoms with E-state index in [4.69, 9.17) is 4.74 Å². The number of carbonyl (C=O) groups excluding carboxylic acids is 1. The van der Waals surface area contributed by atoms with Gasteiger partial charge in [-0.05, 0) is 74.2 Å². The number of ether oxygens (including phenoxy) is 1. The second-order valence-electron chi connectivity index (χ2n) is 8.40. The summed E-state index contributed by atoms with van der Waals surface area (Å²) < 4.78 is 5.58. The van der Waals surface area contributed by atoms with E-state index in [1.165, 1.54) is 25.7 Å². The molecule has 0 amide bonds. The van der Waals surface area contributed by atoms with E-state index in [0.717, 1.165) is 12.0 Å². The van der Waals surface area contributed by atoms with Crippen LogP contribution in [0, 0.1) is 22.7 Å². The fourth-order valence-corrected chi connectivity index (χ4v) is 5.40. The van der Waals surface area contributed by atoms with Gasteiger partial charge in [0.05, 0.1) is 0 Å². The summed E-state index contributed by atoms with van der Waals surface area (Å²) in [6.07, 6.45) is 10.2. The van der Waals surface area contributed by atoms with Gasteiger partial charge in [0.2, 0.25) is 0 Å². The summed E-state index contributed by atoms with van der Waals surface area (Å²) >= 11 is 0. The molecule has 1 fully saturated rings. The number of allylic oxidation sites excluding steroid dienone is 2. The Morgan fingerprint density at radius 3 is 2.64 bits per heavy atom. The first-order valence-corrected chi connectivity index (χ1v) is 8.83. The van der Waals surface area contributed by atoms with E-state index < -0.39 is 0 Å². The molecule has 2 nitrogen and oxygen atoms in total. The van der Waals surface area contributed by atoms with E-state index in [0.29, 0.717) is 17.3 Å². The van der Waals surface area contributed by atoms with Crippen molar-refractivity contribution in [1.82, 2.24) is 0 Å². The average Bonchev–Trinajstić information content (AvgIpc) is 2.75. The van der Waals surface area contributed by atoms with Crippen LogP contribution in [-0.4, -0.2) is 12.1 Å². The number of hydrogen-bond donors (Lipinski definition) is 0. The molecule has 1 saturated carbocycles. The molecule has 0 saturated heterocycles. The molecule has 1 heterocycles. The zero-order valence-corrected chi connectivity index (χ0v) is 14.7. The van der Waals surface area contributed by atoms with Crippen molar-refractivity contribution in [2.75, 3.05) is 0 Å². The highest BCUT2D eigenvalue weighted by atomic mass is 16.5. The third kappa shape index (κ3) is 2.26. The van der Waals surface area contributed by atoms with Crippen LogP contribution in [0.2, 0.25) is 0 Å². The molecule has 0 aromatic carbocycles. The summed E-state index contributed by atoms with van der Waals surface area (Å²) in [6.45, 7) is 11.7. The fraction of sp³-hybridized carbons (Fsp3) is 0.750. The van der Waals surface area contributed by atoms with Gasteiger partial charge < -0.3 is 4.74 Å². The van der Waals surface area contributed by atoms with Crippen molar-refractivity contribution in [2.24, 2.45) is 22.7 Å². The van der Waals surface area contributed by atoms with Gasteiger partial charge in [-0.25, -0.2) is 4.79 Å². The fourth-order valence-electron chi connectivity index (χ4n) is 5.40. The Balaban J connectivity index is 1.91. The van der Waals surface area contributed by atoms with Gasteiger partial charge in [-0.15, -0.1) is 0 Å². The Kier molecular flexibility index (Phi) is 3.78. The third-order valence-electron chi connectivity index (χ3n) is 7.33. The van der Waals surface area contributed by atoms with Crippen molar-refractivity contribution >= 4 is 5.97 Å². The van der Waals surface area contributed by atoms with Crippen LogP contribution in [-0.2, 0) is 9.53 Å². The van der Waals surface area contributed by atoms with E-state index in [-0.39, 0.29) is 17.5 Å². The summed E-state index contributed by atoms with van der Waals surface area (Å²) in [7, 11) is 0. The van der Waals surface area contributed by atoms with Crippen molar-refractivity contribution in [1.29, 1.82) is 0 Å². The molecule has 0 bridgehead atoms. The molecule has 2 heteroatoms. The Labute approximate surface area is 135 Å². The summed E-state index contributed by atoms with van der Waals surface area (Å²) in [4.78, 5) is 11.6. The van der Waals surface area contributed by atoms with Gasteiger partial charge in [0.15, 0.2) is 0 Å². The Morgan fingerprint density at radius 2 is 2.00 bits per heavy atom. The first kappa shape index (κ1) is 15.8. The van der Waals surface area contributed by atoms with Crippen molar-refractivity contribution in [3.63, 3.8) is 0 Å². The molecule has 0 radical (unpaired) electrons. The van der Waals surface area contributed by atoms with Crippen LogP contribution < -0.4 is 0 Å². The van der Waals surface area contributed by atoms with Crippen LogP contribution in [0.4, 0.5) is 0 Å². The number of esters is 1. The summed E-state index contributed by atoms with van der Waals surface area (Å²) in [6, 6.07) is 0. The van der Waals surface area contributed by atoms with Gasteiger partial charge in [0.25, 0.3) is 0 Å². The van der Waals surface area contributed by atoms with Crippen LogP contribution in [0.25, 0.3) is 0 Å². The van der Waals surface area contributed by atoms with Crippen LogP contribution in [0.1, 0.15) is 66.7 Å². The monoisotopic (exact) mass is 302 g/mol. The molecular formula is C20H30O2. The average molecular weight is 302 g/mol. The number of rotatable bonds is 2. The van der Waals surface area contributed by atoms with Crippen LogP contribution in [0.15, 0.2) is 23.3 Å². The minimum atomic E-state index is -0.156. The lowest BCUT2D eigenvalue weighted by Crippen LogP contribution is -2.51. The molecule has 3 rings (SSSR count). The predicted octanol–water partition coefficient (Wildman–Crippen LogP) is 5.05. The molecule has 0 spiro atoms. The van der Waals surface area contributed by atoms with Gasteiger partial charge >= 0.3 is 5.97 Å². The summed E-state index contributed by atoms with van der Waals surface area (Å²) in [5.74, 6) is 1.22. The zero-order chi connectivity index (χ0) is 16.1. The summed E-state index contributed by atoms with van der Waals surface area (Å²) in [5, 5.41) is 0. The number of carbonyl (C=O) groups is 1. The first-order valence-electron chi connectivity index (χ1n) is 8.83. The standard InChI is InChI=1S/C20H30O2/c1-13-11-18(21)22-16(13)12-20(5)15(3)9-10-19(4)14(2)7-6-8-17(19)20/h7,11,15-17H,6,8-10,12H2,1-5H3/t15-,16-,17+,19+,20+/m1/s1. The van der Waals surface area contributed by atoms with E-state index >= 15 is 0 Å². The Hall–Kier alpha value is -1.05. The topological polar surface area (TPSA) is 26.3 Å². The Bertz CT molecular complexity index is 544. The lowest BCUT2D eigenvalue weighted by molar-refractivity contribution is -0.142. The maximum atomic E-state index is 11.6. The minimum Gasteiger partial charge on any atom is -0.455 e. The highest BCUT2D eigenvalue weighted by Crippen LogP contribution is 2.62. The van der Waals surface area contributed by atoms with Crippen LogP contribution in [0.5, 0.6) is 0 Å². The highest BCUT2D eigenvalue weighted by Gasteiger charge is 2.54. The van der Waals surface area contributed by atoms with Gasteiger partial charge in [0, 0.05) is 6.08 Å². The first-order chi connectivity index (χ1) is 10.3. The van der Waals surface area contributed by atoms with E-state index in [1.807, 2.05) is 6.92 Å². The maximum absolute atomic E-state index is 11.6. The maximum Gasteiger partial charge on any atom is 0.331 e. The van der Waals surface area contributed by atoms with Crippen molar-refractivity contribution in [3.05, 3.63) is 23.3 Å². The van der Waals surface area contributed by atoms with Crippen LogP contribution in [0.3, 0.4) is 0 Å². The van der Waals surface area contributed by atoms with E-state index in [2.05, 4.69) is 33.8 Å². The smallest absolute Gasteiger partial charge is 0.331 e. The second kappa shape index (κ2) is 5.25. The van der Waals surface area contributed by atoms with E-state index in [1.54, 1.807) is 11.6 Å². The zero-order valence-electron chi connectivity index (χ0n) is 14.7. The Morgan fingerprint density at radius 1 is 1.27 bits per heavy atom. The molecule has 0 aromatic rings. The molecular weight excluding hydrogens is 272 g/mol. The molecule has 0 N–H and O–H groups in total. The predicted molar refractivity (Wildman–Crippen MR) is 89.3 cm³/mol. The third-order valence-corrected chi connectivity index (χ3v) is 7.33. The van der Waals surface area contributed by atoms with Crippen LogP contribution >= 0.6 is 0 Å². The van der Waals surface area contributed by atoms with Gasteiger partial charge in [-0.1, -0.05) is 32.4 Å². The minimum absolute atomic E-state index is 0.00601. The molecule has 5 atom stereocenters. The second-order valence-corrected chi connectivity index (χ2v) is 8.40.